The van der Waals surface area contributed by atoms with Crippen LogP contribution in [0.1, 0.15) is 21.5 Å². The zero-order valence-corrected chi connectivity index (χ0v) is 15.8. The zero-order chi connectivity index (χ0) is 17.4. The van der Waals surface area contributed by atoms with Crippen molar-refractivity contribution in [2.75, 3.05) is 34.4 Å². The number of halogens is 1. The second kappa shape index (κ2) is 10.7. The number of hydrogen-bond acceptors (Lipinski definition) is 4. The molecule has 0 aromatic heterocycles. The second-order valence-corrected chi connectivity index (χ2v) is 5.91. The van der Waals surface area contributed by atoms with E-state index in [0.717, 1.165) is 36.3 Å². The van der Waals surface area contributed by atoms with Crippen molar-refractivity contribution >= 4 is 18.4 Å². The molecule has 136 valence electrons. The van der Waals surface area contributed by atoms with Crippen molar-refractivity contribution in [3.63, 3.8) is 0 Å². The number of hydrogen-bond donors (Lipinski definition) is 0. The molecule has 0 spiro atoms. The number of methoxy groups -OCH3 is 1. The summed E-state index contributed by atoms with van der Waals surface area (Å²) in [6.07, 6.45) is 1.57. The number of rotatable bonds is 8. The Balaban J connectivity index is 0.00000312. The molecule has 4 nitrogen and oxygen atoms in total. The van der Waals surface area contributed by atoms with Crippen molar-refractivity contribution in [3.8, 4) is 5.75 Å². The average molecular weight is 364 g/mol. The molecule has 2 rings (SSSR count). The molecule has 0 heterocycles. The van der Waals surface area contributed by atoms with E-state index < -0.39 is 0 Å². The minimum Gasteiger partial charge on any atom is -0.492 e. The van der Waals surface area contributed by atoms with Crippen LogP contribution in [-0.2, 0) is 17.6 Å². The van der Waals surface area contributed by atoms with Gasteiger partial charge >= 0.3 is 5.97 Å². The highest BCUT2D eigenvalue weighted by molar-refractivity contribution is 5.91. The topological polar surface area (TPSA) is 38.8 Å². The Kier molecular flexibility index (Phi) is 9.03. The van der Waals surface area contributed by atoms with Crippen molar-refractivity contribution in [1.82, 2.24) is 4.90 Å². The van der Waals surface area contributed by atoms with E-state index in [9.17, 15) is 4.79 Å². The largest absolute Gasteiger partial charge is 0.492 e. The molecule has 0 aliphatic carbocycles. The number of ether oxygens (including phenoxy) is 2. The monoisotopic (exact) mass is 363 g/mol. The SMILES string of the molecule is COC(=O)c1ccccc1CCc1ccccc1OCCN(C)C.Cl. The third kappa shape index (κ3) is 6.40. The summed E-state index contributed by atoms with van der Waals surface area (Å²) in [7, 11) is 5.46. The summed E-state index contributed by atoms with van der Waals surface area (Å²) in [5.74, 6) is 0.621. The Labute approximate surface area is 156 Å². The Morgan fingerprint density at radius 3 is 2.24 bits per heavy atom. The van der Waals surface area contributed by atoms with Crippen LogP contribution in [0.3, 0.4) is 0 Å². The van der Waals surface area contributed by atoms with Crippen molar-refractivity contribution in [2.45, 2.75) is 12.8 Å². The predicted molar refractivity (Wildman–Crippen MR) is 103 cm³/mol. The molecular weight excluding hydrogens is 338 g/mol. The Morgan fingerprint density at radius 1 is 0.960 bits per heavy atom. The van der Waals surface area contributed by atoms with Gasteiger partial charge in [0.15, 0.2) is 0 Å². The lowest BCUT2D eigenvalue weighted by Gasteiger charge is -2.14. The summed E-state index contributed by atoms with van der Waals surface area (Å²) in [5.41, 5.74) is 2.77. The van der Waals surface area contributed by atoms with Crippen LogP contribution in [0.15, 0.2) is 48.5 Å². The van der Waals surface area contributed by atoms with Crippen molar-refractivity contribution in [1.29, 1.82) is 0 Å². The standard InChI is InChI=1S/C20H25NO3.ClH/c1-21(2)14-15-24-19-11-7-5-9-17(19)13-12-16-8-4-6-10-18(16)20(22)23-3;/h4-11H,12-15H2,1-3H3;1H. The van der Waals surface area contributed by atoms with E-state index in [2.05, 4.69) is 11.0 Å². The maximum Gasteiger partial charge on any atom is 0.338 e. The van der Waals surface area contributed by atoms with E-state index >= 15 is 0 Å². The van der Waals surface area contributed by atoms with E-state index in [4.69, 9.17) is 9.47 Å². The molecule has 0 bridgehead atoms. The Morgan fingerprint density at radius 2 is 1.56 bits per heavy atom. The fourth-order valence-electron chi connectivity index (χ4n) is 2.51. The van der Waals surface area contributed by atoms with Gasteiger partial charge in [0, 0.05) is 6.54 Å². The maximum absolute atomic E-state index is 11.9. The smallest absolute Gasteiger partial charge is 0.338 e. The quantitative estimate of drug-likeness (QED) is 0.671. The van der Waals surface area contributed by atoms with Crippen LogP contribution in [0.2, 0.25) is 0 Å². The van der Waals surface area contributed by atoms with E-state index in [1.165, 1.54) is 7.11 Å². The van der Waals surface area contributed by atoms with Crippen LogP contribution in [-0.4, -0.2) is 45.2 Å². The number of nitrogens with zero attached hydrogens (tertiary/aromatic N) is 1. The van der Waals surface area contributed by atoms with Gasteiger partial charge in [-0.3, -0.25) is 0 Å². The lowest BCUT2D eigenvalue weighted by Crippen LogP contribution is -2.19. The van der Waals surface area contributed by atoms with Crippen LogP contribution >= 0.6 is 12.4 Å². The highest BCUT2D eigenvalue weighted by Crippen LogP contribution is 2.21. The van der Waals surface area contributed by atoms with Gasteiger partial charge in [0.05, 0.1) is 12.7 Å². The van der Waals surface area contributed by atoms with Crippen molar-refractivity contribution in [3.05, 3.63) is 65.2 Å². The molecule has 0 N–H and O–H groups in total. The molecular formula is C20H26ClNO3. The molecule has 2 aromatic rings. The Bertz CT molecular complexity index is 673. The highest BCUT2D eigenvalue weighted by Gasteiger charge is 2.12. The lowest BCUT2D eigenvalue weighted by molar-refractivity contribution is 0.0599. The summed E-state index contributed by atoms with van der Waals surface area (Å²) in [6.45, 7) is 1.53. The number of carbonyl (C=O) groups is 1. The summed E-state index contributed by atoms with van der Waals surface area (Å²) < 4.78 is 10.8. The van der Waals surface area contributed by atoms with Gasteiger partial charge < -0.3 is 14.4 Å². The minimum absolute atomic E-state index is 0. The molecule has 0 amide bonds. The lowest BCUT2D eigenvalue weighted by atomic mass is 9.99. The second-order valence-electron chi connectivity index (χ2n) is 5.91. The Hall–Kier alpha value is -2.04. The van der Waals surface area contributed by atoms with E-state index in [1.54, 1.807) is 6.07 Å². The first kappa shape index (κ1) is 21.0. The summed E-state index contributed by atoms with van der Waals surface area (Å²) in [6, 6.07) is 15.7. The van der Waals surface area contributed by atoms with Gasteiger partial charge in [0.2, 0.25) is 0 Å². The zero-order valence-electron chi connectivity index (χ0n) is 15.0. The average Bonchev–Trinajstić information content (AvgIpc) is 2.60. The number of esters is 1. The fraction of sp³-hybridized carbons (Fsp3) is 0.350. The molecule has 0 radical (unpaired) electrons. The number of carbonyl (C=O) groups excluding carboxylic acids is 1. The first-order valence-corrected chi connectivity index (χ1v) is 8.13. The minimum atomic E-state index is -0.291. The molecule has 0 saturated heterocycles. The van der Waals surface area contributed by atoms with Crippen molar-refractivity contribution in [2.24, 2.45) is 0 Å². The molecule has 5 heteroatoms. The van der Waals surface area contributed by atoms with Gasteiger partial charge in [-0.2, -0.15) is 0 Å². The molecule has 0 fully saturated rings. The van der Waals surface area contributed by atoms with Gasteiger partial charge in [-0.25, -0.2) is 4.79 Å². The normalized spacial score (nSPS) is 10.2. The van der Waals surface area contributed by atoms with Gasteiger partial charge in [-0.1, -0.05) is 36.4 Å². The first-order chi connectivity index (χ1) is 11.6. The highest BCUT2D eigenvalue weighted by atomic mass is 35.5. The summed E-state index contributed by atoms with van der Waals surface area (Å²) in [5, 5.41) is 0. The molecule has 25 heavy (non-hydrogen) atoms. The third-order valence-electron chi connectivity index (χ3n) is 3.86. The number of likely N-dealkylation sites (N-methyl/N-ethyl adjacent to an activating group) is 1. The number of benzene rings is 2. The van der Waals surface area contributed by atoms with Crippen LogP contribution in [0.5, 0.6) is 5.75 Å². The van der Waals surface area contributed by atoms with Crippen LogP contribution < -0.4 is 4.74 Å². The number of para-hydroxylation sites is 1. The van der Waals surface area contributed by atoms with E-state index in [-0.39, 0.29) is 18.4 Å². The molecule has 0 saturated carbocycles. The maximum atomic E-state index is 11.9. The van der Waals surface area contributed by atoms with Gasteiger partial charge in [0.1, 0.15) is 12.4 Å². The third-order valence-corrected chi connectivity index (χ3v) is 3.86. The fourth-order valence-corrected chi connectivity index (χ4v) is 2.51. The van der Waals surface area contributed by atoms with Crippen molar-refractivity contribution < 1.29 is 14.3 Å². The van der Waals surface area contributed by atoms with E-state index in [1.807, 2.05) is 50.5 Å². The summed E-state index contributed by atoms with van der Waals surface area (Å²) >= 11 is 0. The first-order valence-electron chi connectivity index (χ1n) is 8.13. The predicted octanol–water partition coefficient (Wildman–Crippen LogP) is 3.62. The molecule has 0 atom stereocenters. The molecule has 0 aliphatic rings. The van der Waals surface area contributed by atoms with Gasteiger partial charge in [0.25, 0.3) is 0 Å². The van der Waals surface area contributed by atoms with E-state index in [0.29, 0.717) is 12.2 Å². The van der Waals surface area contributed by atoms with Gasteiger partial charge in [-0.15, -0.1) is 12.4 Å². The summed E-state index contributed by atoms with van der Waals surface area (Å²) in [4.78, 5) is 14.0. The van der Waals surface area contributed by atoms with Crippen LogP contribution in [0.4, 0.5) is 0 Å². The molecule has 0 unspecified atom stereocenters. The molecule has 2 aromatic carbocycles. The van der Waals surface area contributed by atoms with Crippen LogP contribution in [0, 0.1) is 0 Å². The van der Waals surface area contributed by atoms with Crippen LogP contribution in [0.25, 0.3) is 0 Å². The molecule has 0 aliphatic heterocycles. The number of aryl methyl sites for hydroxylation is 2. The van der Waals surface area contributed by atoms with Gasteiger partial charge in [-0.05, 0) is 50.2 Å².